The molecule has 5 heteroatoms. The number of hydrogen-bond donors (Lipinski definition) is 2. The monoisotopic (exact) mass is 200 g/mol. The van der Waals surface area contributed by atoms with Crippen molar-refractivity contribution < 1.29 is 14.3 Å². The maximum absolute atomic E-state index is 11.2. The van der Waals surface area contributed by atoms with Crippen LogP contribution in [0.4, 0.5) is 0 Å². The van der Waals surface area contributed by atoms with Crippen molar-refractivity contribution in [3.05, 3.63) is 12.2 Å². The second-order valence-electron chi connectivity index (χ2n) is 3.43. The van der Waals surface area contributed by atoms with Crippen LogP contribution in [0, 0.1) is 0 Å². The highest BCUT2D eigenvalue weighted by Crippen LogP contribution is 1.97. The lowest BCUT2D eigenvalue weighted by Crippen LogP contribution is -2.48. The van der Waals surface area contributed by atoms with E-state index in [1.807, 2.05) is 0 Å². The highest BCUT2D eigenvalue weighted by molar-refractivity contribution is 5.94. The summed E-state index contributed by atoms with van der Waals surface area (Å²) >= 11 is 0. The van der Waals surface area contributed by atoms with Gasteiger partial charge in [0.15, 0.2) is 0 Å². The van der Waals surface area contributed by atoms with E-state index < -0.39 is 11.5 Å². The maximum atomic E-state index is 11.2. The summed E-state index contributed by atoms with van der Waals surface area (Å²) in [6, 6.07) is 0. The minimum Gasteiger partial charge on any atom is -0.466 e. The first-order valence-corrected chi connectivity index (χ1v) is 4.19. The smallest absolute Gasteiger partial charge is 0.330 e. The highest BCUT2D eigenvalue weighted by atomic mass is 16.5. The zero-order valence-electron chi connectivity index (χ0n) is 8.66. The summed E-state index contributed by atoms with van der Waals surface area (Å²) in [5.74, 6) is -0.934. The molecule has 0 aliphatic carbocycles. The number of methoxy groups -OCH3 is 1. The van der Waals surface area contributed by atoms with Crippen molar-refractivity contribution in [2.75, 3.05) is 13.7 Å². The van der Waals surface area contributed by atoms with Crippen LogP contribution in [0.15, 0.2) is 12.2 Å². The average molecular weight is 200 g/mol. The lowest BCUT2D eigenvalue weighted by Gasteiger charge is -2.22. The third-order valence-electron chi connectivity index (χ3n) is 1.54. The second-order valence-corrected chi connectivity index (χ2v) is 3.43. The molecule has 0 aliphatic heterocycles. The Morgan fingerprint density at radius 2 is 2.00 bits per heavy atom. The Morgan fingerprint density at radius 3 is 2.43 bits per heavy atom. The Morgan fingerprint density at radius 1 is 1.43 bits per heavy atom. The molecule has 0 bridgehead atoms. The van der Waals surface area contributed by atoms with E-state index in [0.717, 1.165) is 12.2 Å². The summed E-state index contributed by atoms with van der Waals surface area (Å²) in [6.45, 7) is 3.90. The predicted molar refractivity (Wildman–Crippen MR) is 52.4 cm³/mol. The quantitative estimate of drug-likeness (QED) is 0.476. The van der Waals surface area contributed by atoms with Gasteiger partial charge in [-0.25, -0.2) is 4.79 Å². The van der Waals surface area contributed by atoms with Crippen molar-refractivity contribution in [3.63, 3.8) is 0 Å². The molecular formula is C9H16N2O3. The fourth-order valence-corrected chi connectivity index (χ4v) is 0.638. The number of ether oxygens (including phenoxy) is 1. The normalized spacial score (nSPS) is 11.4. The van der Waals surface area contributed by atoms with Crippen molar-refractivity contribution in [1.82, 2.24) is 5.32 Å². The molecule has 0 rings (SSSR count). The van der Waals surface area contributed by atoms with Gasteiger partial charge in [0.25, 0.3) is 0 Å². The molecule has 0 spiro atoms. The average Bonchev–Trinajstić information content (AvgIpc) is 2.13. The topological polar surface area (TPSA) is 81.4 Å². The van der Waals surface area contributed by atoms with Crippen LogP contribution in [-0.4, -0.2) is 31.1 Å². The molecule has 0 atom stereocenters. The first-order chi connectivity index (χ1) is 6.41. The van der Waals surface area contributed by atoms with Gasteiger partial charge < -0.3 is 15.8 Å². The van der Waals surface area contributed by atoms with Gasteiger partial charge >= 0.3 is 5.97 Å². The summed E-state index contributed by atoms with van der Waals surface area (Å²) in [5.41, 5.74) is 4.93. The van der Waals surface area contributed by atoms with Crippen LogP contribution < -0.4 is 11.1 Å². The number of rotatable bonds is 4. The van der Waals surface area contributed by atoms with Gasteiger partial charge in [-0.1, -0.05) is 0 Å². The Bertz CT molecular complexity index is 246. The van der Waals surface area contributed by atoms with E-state index >= 15 is 0 Å². The zero-order chi connectivity index (χ0) is 11.2. The van der Waals surface area contributed by atoms with E-state index in [9.17, 15) is 9.59 Å². The number of nitrogens with two attached hydrogens (primary N) is 1. The van der Waals surface area contributed by atoms with E-state index in [1.165, 1.54) is 7.11 Å². The predicted octanol–water partition coefficient (Wildman–Crippen LogP) is -0.431. The van der Waals surface area contributed by atoms with Crippen molar-refractivity contribution in [3.8, 4) is 0 Å². The van der Waals surface area contributed by atoms with E-state index in [-0.39, 0.29) is 5.91 Å². The van der Waals surface area contributed by atoms with E-state index in [0.29, 0.717) is 6.54 Å². The summed E-state index contributed by atoms with van der Waals surface area (Å²) in [7, 11) is 1.24. The van der Waals surface area contributed by atoms with Gasteiger partial charge in [0.1, 0.15) is 0 Å². The molecule has 0 aromatic heterocycles. The first kappa shape index (κ1) is 12.6. The van der Waals surface area contributed by atoms with Crippen LogP contribution in [0.2, 0.25) is 0 Å². The van der Waals surface area contributed by atoms with Crippen LogP contribution >= 0.6 is 0 Å². The first-order valence-electron chi connectivity index (χ1n) is 4.19. The molecule has 1 amide bonds. The molecule has 0 aromatic rings. The van der Waals surface area contributed by atoms with Gasteiger partial charge in [-0.2, -0.15) is 0 Å². The largest absolute Gasteiger partial charge is 0.466 e. The molecule has 0 heterocycles. The lowest BCUT2D eigenvalue weighted by atomic mass is 10.1. The standard InChI is InChI=1S/C9H16N2O3/c1-9(2,6-10)11-7(12)4-5-8(13)14-3/h4-5H,6,10H2,1-3H3,(H,11,12)/b5-4+. The van der Waals surface area contributed by atoms with Crippen LogP contribution in [-0.2, 0) is 14.3 Å². The number of amides is 1. The molecule has 0 aliphatic rings. The summed E-state index contributed by atoms with van der Waals surface area (Å²) in [4.78, 5) is 21.8. The number of nitrogens with one attached hydrogen (secondary N) is 1. The number of hydrogen-bond acceptors (Lipinski definition) is 4. The zero-order valence-corrected chi connectivity index (χ0v) is 8.66. The highest BCUT2D eigenvalue weighted by Gasteiger charge is 2.16. The molecule has 14 heavy (non-hydrogen) atoms. The van der Waals surface area contributed by atoms with Crippen molar-refractivity contribution in [1.29, 1.82) is 0 Å². The third kappa shape index (κ3) is 5.31. The van der Waals surface area contributed by atoms with E-state index in [2.05, 4.69) is 10.1 Å². The number of carbonyl (C=O) groups excluding carboxylic acids is 2. The summed E-state index contributed by atoms with van der Waals surface area (Å²) in [6.07, 6.45) is 2.17. The maximum Gasteiger partial charge on any atom is 0.330 e. The van der Waals surface area contributed by atoms with Crippen molar-refractivity contribution in [2.45, 2.75) is 19.4 Å². The molecule has 0 fully saturated rings. The SMILES string of the molecule is COC(=O)/C=C/C(=O)NC(C)(C)CN. The van der Waals surface area contributed by atoms with E-state index in [4.69, 9.17) is 5.73 Å². The second kappa shape index (κ2) is 5.39. The minimum atomic E-state index is -0.564. The van der Waals surface area contributed by atoms with Crippen LogP contribution in [0.25, 0.3) is 0 Å². The Kier molecular flexibility index (Phi) is 4.86. The van der Waals surface area contributed by atoms with Crippen LogP contribution in [0.5, 0.6) is 0 Å². The molecule has 80 valence electrons. The van der Waals surface area contributed by atoms with Gasteiger partial charge in [-0.3, -0.25) is 4.79 Å². The lowest BCUT2D eigenvalue weighted by molar-refractivity contribution is -0.135. The Balaban J connectivity index is 4.11. The molecular weight excluding hydrogens is 184 g/mol. The van der Waals surface area contributed by atoms with Gasteiger partial charge in [0, 0.05) is 24.2 Å². The van der Waals surface area contributed by atoms with Gasteiger partial charge in [0.2, 0.25) is 5.91 Å². The van der Waals surface area contributed by atoms with Gasteiger partial charge in [-0.05, 0) is 13.8 Å². The molecule has 5 nitrogen and oxygen atoms in total. The fourth-order valence-electron chi connectivity index (χ4n) is 0.638. The summed E-state index contributed by atoms with van der Waals surface area (Å²) < 4.78 is 4.33. The van der Waals surface area contributed by atoms with Crippen LogP contribution in [0.1, 0.15) is 13.8 Å². The van der Waals surface area contributed by atoms with Crippen molar-refractivity contribution in [2.24, 2.45) is 5.73 Å². The molecule has 0 unspecified atom stereocenters. The summed E-state index contributed by atoms with van der Waals surface area (Å²) in [5, 5.41) is 2.63. The molecule has 0 saturated carbocycles. The minimum absolute atomic E-state index is 0.324. The molecule has 3 N–H and O–H groups in total. The van der Waals surface area contributed by atoms with Crippen molar-refractivity contribution >= 4 is 11.9 Å². The number of esters is 1. The molecule has 0 radical (unpaired) electrons. The van der Waals surface area contributed by atoms with Crippen LogP contribution in [0.3, 0.4) is 0 Å². The Labute approximate surface area is 83.3 Å². The third-order valence-corrected chi connectivity index (χ3v) is 1.54. The van der Waals surface area contributed by atoms with Gasteiger partial charge in [-0.15, -0.1) is 0 Å². The molecule has 0 aromatic carbocycles. The fraction of sp³-hybridized carbons (Fsp3) is 0.556. The molecule has 0 saturated heterocycles. The van der Waals surface area contributed by atoms with Gasteiger partial charge in [0.05, 0.1) is 7.11 Å². The Hall–Kier alpha value is -1.36. The van der Waals surface area contributed by atoms with E-state index in [1.54, 1.807) is 13.8 Å². The number of carbonyl (C=O) groups is 2.